The monoisotopic (exact) mass is 581 g/mol. The van der Waals surface area contributed by atoms with E-state index in [0.29, 0.717) is 25.2 Å². The lowest BCUT2D eigenvalue weighted by Crippen LogP contribution is -2.42. The first-order chi connectivity index (χ1) is 19.4. The van der Waals surface area contributed by atoms with Crippen molar-refractivity contribution in [1.29, 1.82) is 0 Å². The molecule has 3 aromatic heterocycles. The first kappa shape index (κ1) is 26.3. The molecule has 5 heterocycles. The van der Waals surface area contributed by atoms with Gasteiger partial charge in [0.2, 0.25) is 0 Å². The molecule has 5 nitrogen and oxygen atoms in total. The van der Waals surface area contributed by atoms with Crippen LogP contribution in [0.25, 0.3) is 11.3 Å². The van der Waals surface area contributed by atoms with Crippen molar-refractivity contribution in [3.05, 3.63) is 98.5 Å². The lowest BCUT2D eigenvalue weighted by Gasteiger charge is -2.47. The third kappa shape index (κ3) is 3.41. The Balaban J connectivity index is 1.48. The summed E-state index contributed by atoms with van der Waals surface area (Å²) in [7, 11) is 0. The maximum atomic E-state index is 15.1. The second kappa shape index (κ2) is 8.47. The lowest BCUT2D eigenvalue weighted by molar-refractivity contribution is -0.138. The van der Waals surface area contributed by atoms with E-state index in [4.69, 9.17) is 16.7 Å². The van der Waals surface area contributed by atoms with Gasteiger partial charge in [0.15, 0.2) is 11.6 Å². The Morgan fingerprint density at radius 1 is 1.15 bits per heavy atom. The van der Waals surface area contributed by atoms with Crippen LogP contribution in [-0.4, -0.2) is 26.3 Å². The van der Waals surface area contributed by atoms with Crippen LogP contribution in [0.4, 0.5) is 23.4 Å². The number of benzene rings is 1. The molecule has 0 amide bonds. The van der Waals surface area contributed by atoms with Crippen molar-refractivity contribution in [2.24, 2.45) is 0 Å². The number of H-pyrrole nitrogens is 1. The Hall–Kier alpha value is -3.59. The van der Waals surface area contributed by atoms with E-state index in [0.717, 1.165) is 62.0 Å². The molecule has 1 atom stereocenters. The van der Waals surface area contributed by atoms with E-state index in [1.54, 1.807) is 4.90 Å². The van der Waals surface area contributed by atoms with Crippen LogP contribution < -0.4 is 4.90 Å². The summed E-state index contributed by atoms with van der Waals surface area (Å²) >= 11 is 7.36. The Morgan fingerprint density at radius 3 is 2.63 bits per heavy atom. The fourth-order valence-electron chi connectivity index (χ4n) is 7.09. The molecule has 1 aromatic carbocycles. The van der Waals surface area contributed by atoms with Crippen LogP contribution in [-0.2, 0) is 36.4 Å². The van der Waals surface area contributed by atoms with Crippen LogP contribution in [0.2, 0.25) is 0 Å². The molecule has 0 saturated heterocycles. The van der Waals surface area contributed by atoms with Crippen molar-refractivity contribution in [1.82, 2.24) is 19.7 Å². The number of alkyl halides is 3. The second-order valence-corrected chi connectivity index (χ2v) is 12.1. The van der Waals surface area contributed by atoms with Crippen LogP contribution in [0.5, 0.6) is 0 Å². The topological polar surface area (TPSA) is 49.7 Å². The Bertz CT molecular complexity index is 1780. The van der Waals surface area contributed by atoms with Gasteiger partial charge < -0.3 is 9.88 Å². The van der Waals surface area contributed by atoms with Crippen molar-refractivity contribution in [2.75, 3.05) is 11.4 Å². The number of hydrogen-bond donors (Lipinski definition) is 1. The van der Waals surface area contributed by atoms with Crippen LogP contribution >= 0.6 is 11.6 Å². The zero-order valence-electron chi connectivity index (χ0n) is 23.0. The molecule has 0 spiro atoms. The lowest BCUT2D eigenvalue weighted by atomic mass is 9.60. The quantitative estimate of drug-likeness (QED) is 0.250. The molecule has 0 fully saturated rings. The summed E-state index contributed by atoms with van der Waals surface area (Å²) in [6.07, 6.45) is -0.751. The summed E-state index contributed by atoms with van der Waals surface area (Å²) in [5.74, 6) is -1.09. The number of pyridine rings is 1. The summed E-state index contributed by atoms with van der Waals surface area (Å²) in [6, 6.07) is 8.88. The number of nitrogens with zero attached hydrogens (tertiary/aromatic N) is 4. The molecule has 2 aliphatic heterocycles. The van der Waals surface area contributed by atoms with Crippen LogP contribution in [0.3, 0.4) is 0 Å². The molecule has 212 valence electrons. The number of aryl methyl sites for hydroxylation is 1. The van der Waals surface area contributed by atoms with Gasteiger partial charge in [-0.05, 0) is 56.0 Å². The van der Waals surface area contributed by atoms with Crippen molar-refractivity contribution >= 4 is 23.0 Å². The summed E-state index contributed by atoms with van der Waals surface area (Å²) in [5.41, 5.74) is 6.80. The SMILES string of the molecule is CCc1cccc2c1-n1nc3c(c1C1(C)C2=C(Cl)C(C)(C)c2[nH]ccc21)CN(c1ncc(C(F)(F)F)cc1F)CC3. The first-order valence-corrected chi connectivity index (χ1v) is 14.1. The van der Waals surface area contributed by atoms with Crippen molar-refractivity contribution in [3.63, 3.8) is 0 Å². The third-order valence-electron chi connectivity index (χ3n) is 9.12. The predicted octanol–water partition coefficient (Wildman–Crippen LogP) is 7.44. The molecule has 1 unspecified atom stereocenters. The van der Waals surface area contributed by atoms with E-state index in [1.165, 1.54) is 0 Å². The minimum absolute atomic E-state index is 0.0971. The van der Waals surface area contributed by atoms with Gasteiger partial charge in [0.25, 0.3) is 0 Å². The van der Waals surface area contributed by atoms with Gasteiger partial charge in [0, 0.05) is 59.2 Å². The van der Waals surface area contributed by atoms with Gasteiger partial charge in [0.05, 0.1) is 28.1 Å². The number of fused-ring (bicyclic) bond motifs is 10. The highest BCUT2D eigenvalue weighted by Crippen LogP contribution is 2.60. The highest BCUT2D eigenvalue weighted by atomic mass is 35.5. The number of aromatic amines is 1. The Labute approximate surface area is 239 Å². The van der Waals surface area contributed by atoms with Crippen LogP contribution in [0.1, 0.15) is 72.6 Å². The second-order valence-electron chi connectivity index (χ2n) is 11.8. The maximum Gasteiger partial charge on any atom is 0.417 e. The van der Waals surface area contributed by atoms with Gasteiger partial charge in [-0.1, -0.05) is 36.7 Å². The van der Waals surface area contributed by atoms with Gasteiger partial charge in [-0.3, -0.25) is 0 Å². The maximum absolute atomic E-state index is 15.1. The van der Waals surface area contributed by atoms with E-state index in [2.05, 4.69) is 61.9 Å². The molecule has 7 rings (SSSR count). The van der Waals surface area contributed by atoms with Crippen LogP contribution in [0, 0.1) is 5.82 Å². The average Bonchev–Trinajstić information content (AvgIpc) is 3.58. The standard InChI is InChI=1S/C31H28ClF4N5/c1-5-16-7-6-8-18-23-25(32)29(2,3)26-20(9-11-37-26)30(23,4)27-19-15-40(12-10-22(19)39-41(27)24(16)18)28-21(33)13-17(14-38-28)31(34,35)36/h6-9,11,13-14,37H,5,10,12,15H2,1-4H3. The third-order valence-corrected chi connectivity index (χ3v) is 9.78. The summed E-state index contributed by atoms with van der Waals surface area (Å²) < 4.78 is 56.7. The number of nitrogens with one attached hydrogen (secondary N) is 1. The normalized spacial score (nSPS) is 20.8. The van der Waals surface area contributed by atoms with Gasteiger partial charge >= 0.3 is 6.18 Å². The highest BCUT2D eigenvalue weighted by Gasteiger charge is 2.54. The van der Waals surface area contributed by atoms with Gasteiger partial charge in [0.1, 0.15) is 0 Å². The fourth-order valence-corrected chi connectivity index (χ4v) is 7.47. The zero-order chi connectivity index (χ0) is 29.1. The average molecular weight is 582 g/mol. The molecule has 0 bridgehead atoms. The summed E-state index contributed by atoms with van der Waals surface area (Å²) in [6.45, 7) is 9.14. The number of halogens is 5. The van der Waals surface area contributed by atoms with Gasteiger partial charge in [-0.15, -0.1) is 0 Å². The Kier molecular flexibility index (Phi) is 5.44. The summed E-state index contributed by atoms with van der Waals surface area (Å²) in [4.78, 5) is 9.07. The molecular weight excluding hydrogens is 554 g/mol. The molecule has 41 heavy (non-hydrogen) atoms. The number of allylic oxidation sites excluding steroid dienone is 2. The van der Waals surface area contributed by atoms with E-state index < -0.39 is 28.4 Å². The van der Waals surface area contributed by atoms with Crippen molar-refractivity contribution in [2.45, 2.75) is 64.1 Å². The van der Waals surface area contributed by atoms with Crippen LogP contribution in [0.15, 0.2) is 47.8 Å². The predicted molar refractivity (Wildman–Crippen MR) is 150 cm³/mol. The largest absolute Gasteiger partial charge is 0.417 e. The van der Waals surface area contributed by atoms with E-state index in [1.807, 2.05) is 10.9 Å². The summed E-state index contributed by atoms with van der Waals surface area (Å²) in [5, 5.41) is 5.89. The van der Waals surface area contributed by atoms with Gasteiger partial charge in [-0.25, -0.2) is 14.1 Å². The van der Waals surface area contributed by atoms with Gasteiger partial charge in [-0.2, -0.15) is 18.3 Å². The molecule has 0 radical (unpaired) electrons. The number of rotatable bonds is 2. The van der Waals surface area contributed by atoms with Crippen molar-refractivity contribution in [3.8, 4) is 5.69 Å². The molecule has 3 aliphatic rings. The Morgan fingerprint density at radius 2 is 1.93 bits per heavy atom. The van der Waals surface area contributed by atoms with Crippen molar-refractivity contribution < 1.29 is 17.6 Å². The molecule has 0 saturated carbocycles. The number of anilines is 1. The number of aromatic nitrogens is 4. The molecule has 1 aliphatic carbocycles. The molecule has 1 N–H and O–H groups in total. The zero-order valence-corrected chi connectivity index (χ0v) is 23.8. The van der Waals surface area contributed by atoms with E-state index in [9.17, 15) is 13.2 Å². The van der Waals surface area contributed by atoms with E-state index in [-0.39, 0.29) is 12.4 Å². The highest BCUT2D eigenvalue weighted by molar-refractivity contribution is 6.35. The number of hydrogen-bond acceptors (Lipinski definition) is 3. The molecule has 10 heteroatoms. The fraction of sp³-hybridized carbons (Fsp3) is 0.355. The molecular formula is C31H28ClF4N5. The van der Waals surface area contributed by atoms with E-state index >= 15 is 4.39 Å². The first-order valence-electron chi connectivity index (χ1n) is 13.7. The minimum Gasteiger partial charge on any atom is -0.364 e. The smallest absolute Gasteiger partial charge is 0.364 e. The minimum atomic E-state index is -4.67. The molecule has 4 aromatic rings. The number of para-hydroxylation sites is 1.